The van der Waals surface area contributed by atoms with Gasteiger partial charge in [0.2, 0.25) is 5.79 Å². The van der Waals surface area contributed by atoms with E-state index in [4.69, 9.17) is 23.7 Å². The highest BCUT2D eigenvalue weighted by Crippen LogP contribution is 2.50. The standard InChI is InChI=1S/C25H43F2NO7/c1-14-11-24(33-9,35-17(4)15(14)2)21(29)22(30)28-16(3)19-12-25(26,27)23(5,6)20(34-19)10-18(32-8)13-31-7/h15-21,29H,1,10-13H2,2-9H3,(H,28,30)/t15-,16?,17-,18+,19+,20-,21-,24-/m1/s1. The minimum atomic E-state index is -3.06. The molecule has 35 heavy (non-hydrogen) atoms. The number of ether oxygens (including phenoxy) is 5. The first-order chi connectivity index (χ1) is 16.2. The molecule has 0 saturated carbocycles. The molecule has 2 saturated heterocycles. The van der Waals surface area contributed by atoms with Crippen molar-refractivity contribution in [3.8, 4) is 0 Å². The Morgan fingerprint density at radius 2 is 1.91 bits per heavy atom. The molecule has 0 aliphatic carbocycles. The molecule has 2 N–H and O–H groups in total. The van der Waals surface area contributed by atoms with Gasteiger partial charge in [-0.15, -0.1) is 0 Å². The number of aliphatic hydroxyl groups excluding tert-OH is 1. The van der Waals surface area contributed by atoms with Gasteiger partial charge in [-0.05, 0) is 13.8 Å². The van der Waals surface area contributed by atoms with Crippen molar-refractivity contribution < 1.29 is 42.4 Å². The number of methoxy groups -OCH3 is 3. The van der Waals surface area contributed by atoms with Crippen LogP contribution < -0.4 is 5.32 Å². The Kier molecular flexibility index (Phi) is 9.86. The second-order valence-electron chi connectivity index (χ2n) is 10.5. The summed E-state index contributed by atoms with van der Waals surface area (Å²) in [7, 11) is 4.35. The first kappa shape index (κ1) is 30.1. The van der Waals surface area contributed by atoms with Crippen LogP contribution in [0.15, 0.2) is 12.2 Å². The van der Waals surface area contributed by atoms with Crippen molar-refractivity contribution in [2.75, 3.05) is 27.9 Å². The SMILES string of the molecule is C=C1C[C@](OC)([C@H](O)C(=O)NC(C)[C@@H]2CC(F)(F)C(C)(C)[C@@H](C[C@@H](COC)OC)O2)O[C@H](C)[C@@H]1C. The average Bonchev–Trinajstić information content (AvgIpc) is 2.78. The van der Waals surface area contributed by atoms with Crippen molar-refractivity contribution in [3.63, 3.8) is 0 Å². The molecule has 10 heteroatoms. The van der Waals surface area contributed by atoms with Gasteiger partial charge in [-0.3, -0.25) is 4.79 Å². The first-order valence-corrected chi connectivity index (χ1v) is 12.1. The number of amides is 1. The summed E-state index contributed by atoms with van der Waals surface area (Å²) >= 11 is 0. The molecule has 8 atom stereocenters. The minimum Gasteiger partial charge on any atom is -0.382 e. The Labute approximate surface area is 207 Å². The number of alkyl halides is 2. The second kappa shape index (κ2) is 11.5. The maximum absolute atomic E-state index is 15.2. The molecule has 1 unspecified atom stereocenters. The van der Waals surface area contributed by atoms with Gasteiger partial charge in [0.15, 0.2) is 6.10 Å². The van der Waals surface area contributed by atoms with Gasteiger partial charge in [0.05, 0.1) is 42.5 Å². The summed E-state index contributed by atoms with van der Waals surface area (Å²) in [5.74, 6) is -5.44. The summed E-state index contributed by atoms with van der Waals surface area (Å²) in [5.41, 5.74) is -0.671. The van der Waals surface area contributed by atoms with Crippen molar-refractivity contribution in [3.05, 3.63) is 12.2 Å². The Hall–Kier alpha value is -1.17. The van der Waals surface area contributed by atoms with Crippen LogP contribution in [-0.4, -0.2) is 87.2 Å². The molecule has 2 aliphatic rings. The quantitative estimate of drug-likeness (QED) is 0.439. The van der Waals surface area contributed by atoms with E-state index in [1.54, 1.807) is 6.92 Å². The number of halogens is 2. The van der Waals surface area contributed by atoms with Crippen LogP contribution in [0, 0.1) is 11.3 Å². The van der Waals surface area contributed by atoms with Gasteiger partial charge < -0.3 is 34.1 Å². The van der Waals surface area contributed by atoms with Crippen LogP contribution in [0.2, 0.25) is 0 Å². The number of nitrogens with one attached hydrogen (secondary N) is 1. The zero-order chi connectivity index (χ0) is 26.8. The summed E-state index contributed by atoms with van der Waals surface area (Å²) in [5, 5.41) is 13.5. The first-order valence-electron chi connectivity index (χ1n) is 12.1. The van der Waals surface area contributed by atoms with Gasteiger partial charge >= 0.3 is 0 Å². The zero-order valence-corrected chi connectivity index (χ0v) is 22.2. The number of hydrogen-bond acceptors (Lipinski definition) is 7. The van der Waals surface area contributed by atoms with Crippen LogP contribution in [-0.2, 0) is 28.5 Å². The van der Waals surface area contributed by atoms with Crippen LogP contribution in [0.25, 0.3) is 0 Å². The Morgan fingerprint density at radius 1 is 1.29 bits per heavy atom. The number of carbonyl (C=O) groups is 1. The molecule has 0 radical (unpaired) electrons. The molecule has 0 aromatic carbocycles. The van der Waals surface area contributed by atoms with E-state index in [0.717, 1.165) is 5.57 Å². The number of hydrogen-bond donors (Lipinski definition) is 2. The molecule has 2 rings (SSSR count). The Morgan fingerprint density at radius 3 is 2.43 bits per heavy atom. The van der Waals surface area contributed by atoms with E-state index in [1.165, 1.54) is 35.2 Å². The second-order valence-corrected chi connectivity index (χ2v) is 10.5. The molecule has 2 aliphatic heterocycles. The Balaban J connectivity index is 2.16. The van der Waals surface area contributed by atoms with Crippen LogP contribution in [0.1, 0.15) is 53.9 Å². The third kappa shape index (κ3) is 6.22. The molecule has 0 aromatic rings. The van der Waals surface area contributed by atoms with E-state index in [1.807, 2.05) is 13.8 Å². The fourth-order valence-corrected chi connectivity index (χ4v) is 4.74. The lowest BCUT2D eigenvalue weighted by molar-refractivity contribution is -0.297. The molecule has 0 spiro atoms. The summed E-state index contributed by atoms with van der Waals surface area (Å²) < 4.78 is 58.5. The van der Waals surface area contributed by atoms with E-state index in [2.05, 4.69) is 11.9 Å². The normalized spacial score (nSPS) is 35.2. The van der Waals surface area contributed by atoms with E-state index >= 15 is 8.78 Å². The van der Waals surface area contributed by atoms with Crippen molar-refractivity contribution in [2.24, 2.45) is 11.3 Å². The molecule has 2 heterocycles. The van der Waals surface area contributed by atoms with E-state index < -0.39 is 59.9 Å². The lowest BCUT2D eigenvalue weighted by atomic mass is 9.72. The van der Waals surface area contributed by atoms with Gasteiger partial charge in [-0.25, -0.2) is 8.78 Å². The zero-order valence-electron chi connectivity index (χ0n) is 22.2. The summed E-state index contributed by atoms with van der Waals surface area (Å²) in [6.45, 7) is 12.5. The highest BCUT2D eigenvalue weighted by molar-refractivity contribution is 5.82. The smallest absolute Gasteiger partial charge is 0.258 e. The van der Waals surface area contributed by atoms with E-state index in [-0.39, 0.29) is 31.5 Å². The maximum Gasteiger partial charge on any atom is 0.258 e. The molecule has 8 nitrogen and oxygen atoms in total. The van der Waals surface area contributed by atoms with E-state index in [0.29, 0.717) is 0 Å². The topological polar surface area (TPSA) is 95.5 Å². The van der Waals surface area contributed by atoms with Gasteiger partial charge in [0.25, 0.3) is 11.8 Å². The fraction of sp³-hybridized carbons (Fsp3) is 0.880. The van der Waals surface area contributed by atoms with Crippen molar-refractivity contribution in [2.45, 2.75) is 102 Å². The number of rotatable bonds is 10. The molecule has 0 aromatic heterocycles. The van der Waals surface area contributed by atoms with Crippen LogP contribution in [0.4, 0.5) is 8.78 Å². The van der Waals surface area contributed by atoms with Gasteiger partial charge in [0.1, 0.15) is 0 Å². The van der Waals surface area contributed by atoms with Crippen LogP contribution in [0.3, 0.4) is 0 Å². The maximum atomic E-state index is 15.2. The van der Waals surface area contributed by atoms with Crippen molar-refractivity contribution >= 4 is 5.91 Å². The molecular formula is C25H43F2NO7. The summed E-state index contributed by atoms with van der Waals surface area (Å²) in [6, 6.07) is -0.818. The molecule has 204 valence electrons. The lowest BCUT2D eigenvalue weighted by Gasteiger charge is -2.49. The van der Waals surface area contributed by atoms with Gasteiger partial charge in [-0.2, -0.15) is 0 Å². The molecule has 0 bridgehead atoms. The summed E-state index contributed by atoms with van der Waals surface area (Å²) in [6.07, 6.45) is -4.54. The average molecular weight is 508 g/mol. The number of aliphatic hydroxyl groups is 1. The molecule has 2 fully saturated rings. The highest BCUT2D eigenvalue weighted by Gasteiger charge is 2.58. The fourth-order valence-electron chi connectivity index (χ4n) is 4.74. The molecular weight excluding hydrogens is 464 g/mol. The van der Waals surface area contributed by atoms with E-state index in [9.17, 15) is 9.90 Å². The largest absolute Gasteiger partial charge is 0.382 e. The van der Waals surface area contributed by atoms with Crippen LogP contribution >= 0.6 is 0 Å². The predicted octanol–water partition coefficient (Wildman–Crippen LogP) is 3.07. The number of carbonyl (C=O) groups excluding carboxylic acids is 1. The summed E-state index contributed by atoms with van der Waals surface area (Å²) in [4.78, 5) is 13.0. The van der Waals surface area contributed by atoms with Gasteiger partial charge in [0, 0.05) is 46.5 Å². The third-order valence-corrected chi connectivity index (χ3v) is 7.85. The Bertz CT molecular complexity index is 749. The predicted molar refractivity (Wildman–Crippen MR) is 126 cm³/mol. The van der Waals surface area contributed by atoms with Crippen molar-refractivity contribution in [1.29, 1.82) is 0 Å². The van der Waals surface area contributed by atoms with Crippen LogP contribution in [0.5, 0.6) is 0 Å². The van der Waals surface area contributed by atoms with Gasteiger partial charge in [-0.1, -0.05) is 32.9 Å². The third-order valence-electron chi connectivity index (χ3n) is 7.85. The highest BCUT2D eigenvalue weighted by atomic mass is 19.3. The minimum absolute atomic E-state index is 0.0275. The lowest BCUT2D eigenvalue weighted by Crippen LogP contribution is -2.62. The molecule has 1 amide bonds. The van der Waals surface area contributed by atoms with Crippen molar-refractivity contribution in [1.82, 2.24) is 5.32 Å². The monoisotopic (exact) mass is 507 g/mol.